The molecule has 1 aliphatic heterocycles. The lowest BCUT2D eigenvalue weighted by atomic mass is 9.83. The van der Waals surface area contributed by atoms with Crippen LogP contribution >= 0.6 is 0 Å². The average Bonchev–Trinajstić information content (AvgIpc) is 2.25. The van der Waals surface area contributed by atoms with Gasteiger partial charge in [-0.3, -0.25) is 0 Å². The molecule has 1 fully saturated rings. The van der Waals surface area contributed by atoms with Crippen LogP contribution in [-0.2, 0) is 4.74 Å². The second-order valence-corrected chi connectivity index (χ2v) is 6.43. The normalized spacial score (nSPS) is 26.1. The Morgan fingerprint density at radius 3 is 2.58 bits per heavy atom. The highest BCUT2D eigenvalue weighted by Crippen LogP contribution is 2.28. The molecule has 0 aromatic heterocycles. The number of ether oxygens (including phenoxy) is 1. The summed E-state index contributed by atoms with van der Waals surface area (Å²) in [5.74, 6) is 0.0863. The van der Waals surface area contributed by atoms with Gasteiger partial charge in [-0.25, -0.2) is 9.18 Å². The SMILES string of the molecule is CC(F)CC1CN(C(=O)OC(C)(C)C)CCC1CO. The van der Waals surface area contributed by atoms with Crippen LogP contribution < -0.4 is 0 Å². The van der Waals surface area contributed by atoms with Gasteiger partial charge in [-0.2, -0.15) is 0 Å². The summed E-state index contributed by atoms with van der Waals surface area (Å²) >= 11 is 0. The van der Waals surface area contributed by atoms with Crippen molar-refractivity contribution in [2.75, 3.05) is 19.7 Å². The third-order valence-corrected chi connectivity index (χ3v) is 3.41. The van der Waals surface area contributed by atoms with E-state index in [2.05, 4.69) is 0 Å². The zero-order valence-electron chi connectivity index (χ0n) is 12.4. The van der Waals surface area contributed by atoms with Gasteiger partial charge in [-0.1, -0.05) is 0 Å². The summed E-state index contributed by atoms with van der Waals surface area (Å²) in [6.45, 7) is 8.08. The lowest BCUT2D eigenvalue weighted by Crippen LogP contribution is -2.47. The summed E-state index contributed by atoms with van der Waals surface area (Å²) < 4.78 is 18.5. The van der Waals surface area contributed by atoms with E-state index in [1.807, 2.05) is 20.8 Å². The average molecular weight is 275 g/mol. The fraction of sp³-hybridized carbons (Fsp3) is 0.929. The first-order valence-electron chi connectivity index (χ1n) is 6.95. The van der Waals surface area contributed by atoms with Crippen LogP contribution in [0.1, 0.15) is 40.5 Å². The Morgan fingerprint density at radius 2 is 2.11 bits per heavy atom. The number of aliphatic hydroxyl groups excluding tert-OH is 1. The molecule has 1 saturated heterocycles. The van der Waals surface area contributed by atoms with E-state index in [0.29, 0.717) is 25.9 Å². The predicted octanol–water partition coefficient (Wildman–Crippen LogP) is 2.60. The zero-order valence-corrected chi connectivity index (χ0v) is 12.4. The molecule has 0 aliphatic carbocycles. The highest BCUT2D eigenvalue weighted by atomic mass is 19.1. The molecular formula is C14H26FNO3. The Bertz CT molecular complexity index is 302. The van der Waals surface area contributed by atoms with Gasteiger partial charge < -0.3 is 14.7 Å². The zero-order chi connectivity index (χ0) is 14.6. The van der Waals surface area contributed by atoms with E-state index < -0.39 is 11.8 Å². The van der Waals surface area contributed by atoms with Gasteiger partial charge >= 0.3 is 6.09 Å². The van der Waals surface area contributed by atoms with Crippen molar-refractivity contribution in [3.8, 4) is 0 Å². The van der Waals surface area contributed by atoms with Gasteiger partial charge in [0.1, 0.15) is 5.60 Å². The second-order valence-electron chi connectivity index (χ2n) is 6.43. The molecule has 0 bridgehead atoms. The minimum absolute atomic E-state index is 0.00580. The number of halogens is 1. The number of hydrogen-bond acceptors (Lipinski definition) is 3. The molecule has 0 aromatic carbocycles. The van der Waals surface area contributed by atoms with E-state index in [1.54, 1.807) is 4.90 Å². The van der Waals surface area contributed by atoms with Crippen molar-refractivity contribution in [3.63, 3.8) is 0 Å². The quantitative estimate of drug-likeness (QED) is 0.861. The monoisotopic (exact) mass is 275 g/mol. The number of piperidine rings is 1. The highest BCUT2D eigenvalue weighted by molar-refractivity contribution is 5.68. The molecule has 1 heterocycles. The minimum Gasteiger partial charge on any atom is -0.444 e. The number of carbonyl (C=O) groups excluding carboxylic acids is 1. The van der Waals surface area contributed by atoms with Crippen LogP contribution in [0.15, 0.2) is 0 Å². The fourth-order valence-electron chi connectivity index (χ4n) is 2.50. The molecule has 5 heteroatoms. The van der Waals surface area contributed by atoms with Crippen molar-refractivity contribution in [2.45, 2.75) is 52.3 Å². The van der Waals surface area contributed by atoms with E-state index in [9.17, 15) is 14.3 Å². The molecule has 0 spiro atoms. The first-order valence-corrected chi connectivity index (χ1v) is 6.95. The third-order valence-electron chi connectivity index (χ3n) is 3.41. The number of alkyl halides is 1. The largest absolute Gasteiger partial charge is 0.444 e. The fourth-order valence-corrected chi connectivity index (χ4v) is 2.50. The van der Waals surface area contributed by atoms with Crippen LogP contribution in [0.2, 0.25) is 0 Å². The molecule has 1 aliphatic rings. The number of carbonyl (C=O) groups is 1. The highest BCUT2D eigenvalue weighted by Gasteiger charge is 2.33. The lowest BCUT2D eigenvalue weighted by molar-refractivity contribution is 0.00124. The van der Waals surface area contributed by atoms with Crippen molar-refractivity contribution in [2.24, 2.45) is 11.8 Å². The summed E-state index contributed by atoms with van der Waals surface area (Å²) in [4.78, 5) is 13.6. The maximum Gasteiger partial charge on any atom is 0.410 e. The molecule has 4 nitrogen and oxygen atoms in total. The van der Waals surface area contributed by atoms with Gasteiger partial charge in [0.2, 0.25) is 0 Å². The van der Waals surface area contributed by atoms with Crippen LogP contribution in [0.25, 0.3) is 0 Å². The Labute approximate surface area is 114 Å². The maximum absolute atomic E-state index is 13.2. The molecular weight excluding hydrogens is 249 g/mol. The minimum atomic E-state index is -0.919. The van der Waals surface area contributed by atoms with Gasteiger partial charge in [-0.15, -0.1) is 0 Å². The van der Waals surface area contributed by atoms with Crippen LogP contribution in [-0.4, -0.2) is 47.6 Å². The number of rotatable bonds is 3. The van der Waals surface area contributed by atoms with Crippen molar-refractivity contribution >= 4 is 6.09 Å². The topological polar surface area (TPSA) is 49.8 Å². The van der Waals surface area contributed by atoms with E-state index in [4.69, 9.17) is 4.74 Å². The van der Waals surface area contributed by atoms with Crippen molar-refractivity contribution in [3.05, 3.63) is 0 Å². The molecule has 1 amide bonds. The lowest BCUT2D eigenvalue weighted by Gasteiger charge is -2.38. The van der Waals surface area contributed by atoms with E-state index >= 15 is 0 Å². The molecule has 1 rings (SSSR count). The second kappa shape index (κ2) is 6.55. The Kier molecular flexibility index (Phi) is 5.59. The summed E-state index contributed by atoms with van der Waals surface area (Å²) in [7, 11) is 0. The molecule has 0 aromatic rings. The Balaban J connectivity index is 2.61. The molecule has 3 unspecified atom stereocenters. The van der Waals surface area contributed by atoms with Gasteiger partial charge in [0.25, 0.3) is 0 Å². The third kappa shape index (κ3) is 5.35. The van der Waals surface area contributed by atoms with E-state index in [1.165, 1.54) is 6.92 Å². The molecule has 112 valence electrons. The van der Waals surface area contributed by atoms with Crippen LogP contribution in [0.5, 0.6) is 0 Å². The van der Waals surface area contributed by atoms with Crippen molar-refractivity contribution in [1.29, 1.82) is 0 Å². The number of likely N-dealkylation sites (tertiary alicyclic amines) is 1. The summed E-state index contributed by atoms with van der Waals surface area (Å²) in [5.41, 5.74) is -0.520. The molecule has 1 N–H and O–H groups in total. The van der Waals surface area contributed by atoms with Gasteiger partial charge in [0, 0.05) is 19.7 Å². The summed E-state index contributed by atoms with van der Waals surface area (Å²) in [6, 6.07) is 0. The van der Waals surface area contributed by atoms with E-state index in [0.717, 1.165) is 0 Å². The smallest absolute Gasteiger partial charge is 0.410 e. The first kappa shape index (κ1) is 16.2. The number of aliphatic hydroxyl groups is 1. The number of nitrogens with zero attached hydrogens (tertiary/aromatic N) is 1. The predicted molar refractivity (Wildman–Crippen MR) is 71.7 cm³/mol. The van der Waals surface area contributed by atoms with E-state index in [-0.39, 0.29) is 24.5 Å². The molecule has 0 radical (unpaired) electrons. The Hall–Kier alpha value is -0.840. The summed E-state index contributed by atoms with van der Waals surface area (Å²) in [6.07, 6.45) is -0.185. The maximum atomic E-state index is 13.2. The van der Waals surface area contributed by atoms with Crippen LogP contribution in [0, 0.1) is 11.8 Å². The van der Waals surface area contributed by atoms with Gasteiger partial charge in [0.05, 0.1) is 6.17 Å². The van der Waals surface area contributed by atoms with Crippen LogP contribution in [0.3, 0.4) is 0 Å². The van der Waals surface area contributed by atoms with Crippen LogP contribution in [0.4, 0.5) is 9.18 Å². The number of amides is 1. The molecule has 3 atom stereocenters. The Morgan fingerprint density at radius 1 is 1.47 bits per heavy atom. The van der Waals surface area contributed by atoms with Crippen molar-refractivity contribution in [1.82, 2.24) is 4.90 Å². The first-order chi connectivity index (χ1) is 8.73. The standard InChI is InChI=1S/C14H26FNO3/c1-10(15)7-12-8-16(6-5-11(12)9-17)13(18)19-14(2,3)4/h10-12,17H,5-9H2,1-4H3. The molecule has 19 heavy (non-hydrogen) atoms. The molecule has 0 saturated carbocycles. The van der Waals surface area contributed by atoms with Gasteiger partial charge in [-0.05, 0) is 52.4 Å². The van der Waals surface area contributed by atoms with Crippen molar-refractivity contribution < 1.29 is 19.0 Å². The summed E-state index contributed by atoms with van der Waals surface area (Å²) in [5, 5.41) is 9.33. The van der Waals surface area contributed by atoms with Gasteiger partial charge in [0.15, 0.2) is 0 Å². The number of hydrogen-bond donors (Lipinski definition) is 1.